The van der Waals surface area contributed by atoms with E-state index in [1.165, 1.54) is 10.5 Å². The Balaban J connectivity index is 2.04. The van der Waals surface area contributed by atoms with Crippen molar-refractivity contribution >= 4 is 11.8 Å². The lowest BCUT2D eigenvalue weighted by molar-refractivity contribution is 0.528. The largest absolute Gasteiger partial charge is 0.271 e. The molecule has 2 aromatic rings. The van der Waals surface area contributed by atoms with Crippen LogP contribution in [0.2, 0.25) is 0 Å². The number of aryl methyl sites for hydroxylation is 2. The molecule has 3 N–H and O–H groups in total. The first-order valence-electron chi connectivity index (χ1n) is 6.42. The fraction of sp³-hybridized carbons (Fsp3) is 0.357. The van der Waals surface area contributed by atoms with Crippen LogP contribution in [0.1, 0.15) is 24.2 Å². The Labute approximate surface area is 118 Å². The molecule has 1 heterocycles. The Bertz CT molecular complexity index is 524. The molecular weight excluding hydrogens is 256 g/mol. The predicted molar refractivity (Wildman–Crippen MR) is 79.9 cm³/mol. The molecule has 1 atom stereocenters. The summed E-state index contributed by atoms with van der Waals surface area (Å²) >= 11 is 1.80. The van der Waals surface area contributed by atoms with E-state index in [1.54, 1.807) is 11.8 Å². The van der Waals surface area contributed by atoms with Gasteiger partial charge in [0.05, 0.1) is 11.7 Å². The van der Waals surface area contributed by atoms with E-state index in [2.05, 4.69) is 48.6 Å². The molecular formula is C14H20N4S. The quantitative estimate of drug-likeness (QED) is 0.483. The zero-order valence-corrected chi connectivity index (χ0v) is 12.2. The molecule has 0 aliphatic rings. The molecule has 0 bridgehead atoms. The first kappa shape index (κ1) is 14.1. The highest BCUT2D eigenvalue weighted by atomic mass is 32.2. The normalized spacial score (nSPS) is 12.6. The van der Waals surface area contributed by atoms with Crippen molar-refractivity contribution in [2.45, 2.75) is 31.3 Å². The van der Waals surface area contributed by atoms with Crippen molar-refractivity contribution < 1.29 is 0 Å². The Morgan fingerprint density at radius 2 is 2.26 bits per heavy atom. The van der Waals surface area contributed by atoms with E-state index in [1.807, 2.05) is 16.9 Å². The van der Waals surface area contributed by atoms with Gasteiger partial charge in [0.15, 0.2) is 0 Å². The molecule has 0 aliphatic heterocycles. The summed E-state index contributed by atoms with van der Waals surface area (Å²) in [6.45, 7) is 5.04. The Hall–Kier alpha value is -1.30. The van der Waals surface area contributed by atoms with Crippen molar-refractivity contribution in [3.63, 3.8) is 0 Å². The molecule has 102 valence electrons. The van der Waals surface area contributed by atoms with E-state index in [-0.39, 0.29) is 6.04 Å². The fourth-order valence-corrected chi connectivity index (χ4v) is 3.08. The average molecular weight is 276 g/mol. The molecule has 0 amide bonds. The lowest BCUT2D eigenvalue weighted by Crippen LogP contribution is -2.31. The summed E-state index contributed by atoms with van der Waals surface area (Å²) in [5.74, 6) is 6.56. The molecule has 2 rings (SSSR count). The highest BCUT2D eigenvalue weighted by molar-refractivity contribution is 7.99. The van der Waals surface area contributed by atoms with Crippen LogP contribution in [0.4, 0.5) is 0 Å². The van der Waals surface area contributed by atoms with Crippen LogP contribution >= 0.6 is 11.8 Å². The third-order valence-corrected chi connectivity index (χ3v) is 4.10. The van der Waals surface area contributed by atoms with Gasteiger partial charge in [0.2, 0.25) is 0 Å². The van der Waals surface area contributed by atoms with Gasteiger partial charge in [0.25, 0.3) is 0 Å². The highest BCUT2D eigenvalue weighted by Gasteiger charge is 2.14. The smallest absolute Gasteiger partial charge is 0.0722 e. The lowest BCUT2D eigenvalue weighted by atomic mass is 10.2. The molecule has 4 nitrogen and oxygen atoms in total. The van der Waals surface area contributed by atoms with E-state index >= 15 is 0 Å². The van der Waals surface area contributed by atoms with Crippen molar-refractivity contribution in [3.8, 4) is 0 Å². The molecule has 0 radical (unpaired) electrons. The second-order valence-corrected chi connectivity index (χ2v) is 5.51. The number of nitrogens with one attached hydrogen (secondary N) is 1. The molecule has 1 unspecified atom stereocenters. The van der Waals surface area contributed by atoms with Gasteiger partial charge in [0, 0.05) is 23.4 Å². The highest BCUT2D eigenvalue weighted by Crippen LogP contribution is 2.24. The summed E-state index contributed by atoms with van der Waals surface area (Å²) in [4.78, 5) is 1.27. The van der Waals surface area contributed by atoms with E-state index in [0.717, 1.165) is 18.0 Å². The van der Waals surface area contributed by atoms with Crippen molar-refractivity contribution in [2.24, 2.45) is 5.84 Å². The Kier molecular flexibility index (Phi) is 5.01. The number of aromatic nitrogens is 2. The van der Waals surface area contributed by atoms with Gasteiger partial charge in [-0.05, 0) is 32.0 Å². The number of nitrogens with zero attached hydrogens (tertiary/aromatic N) is 2. The van der Waals surface area contributed by atoms with Gasteiger partial charge in [-0.2, -0.15) is 5.10 Å². The van der Waals surface area contributed by atoms with E-state index in [0.29, 0.717) is 0 Å². The minimum absolute atomic E-state index is 0.105. The zero-order valence-electron chi connectivity index (χ0n) is 11.3. The summed E-state index contributed by atoms with van der Waals surface area (Å²) in [6, 6.07) is 10.6. The van der Waals surface area contributed by atoms with Crippen LogP contribution in [-0.2, 0) is 6.54 Å². The topological polar surface area (TPSA) is 55.9 Å². The van der Waals surface area contributed by atoms with Crippen molar-refractivity contribution in [2.75, 3.05) is 5.75 Å². The number of hydrogen-bond donors (Lipinski definition) is 2. The van der Waals surface area contributed by atoms with Crippen LogP contribution in [-0.4, -0.2) is 15.5 Å². The number of hydrogen-bond acceptors (Lipinski definition) is 4. The molecule has 0 saturated heterocycles. The number of benzene rings is 1. The minimum atomic E-state index is 0.105. The second-order valence-electron chi connectivity index (χ2n) is 4.42. The van der Waals surface area contributed by atoms with Crippen LogP contribution in [0, 0.1) is 6.92 Å². The molecule has 0 fully saturated rings. The van der Waals surface area contributed by atoms with E-state index in [4.69, 9.17) is 5.84 Å². The first-order valence-corrected chi connectivity index (χ1v) is 7.40. The maximum absolute atomic E-state index is 5.68. The van der Waals surface area contributed by atoms with Crippen molar-refractivity contribution in [1.82, 2.24) is 15.2 Å². The number of hydrazine groups is 1. The second kappa shape index (κ2) is 6.75. The lowest BCUT2D eigenvalue weighted by Gasteiger charge is -2.17. The van der Waals surface area contributed by atoms with Gasteiger partial charge in [0.1, 0.15) is 0 Å². The average Bonchev–Trinajstić information content (AvgIpc) is 2.88. The van der Waals surface area contributed by atoms with Crippen LogP contribution in [0.5, 0.6) is 0 Å². The molecule has 0 spiro atoms. The monoisotopic (exact) mass is 276 g/mol. The van der Waals surface area contributed by atoms with Crippen LogP contribution < -0.4 is 11.3 Å². The van der Waals surface area contributed by atoms with Crippen LogP contribution in [0.25, 0.3) is 0 Å². The standard InChI is InChI=1S/C14H20N4S/c1-3-18-14(7-8-16-18)13(17-15)10-19-12-6-4-5-11(2)9-12/h4-9,13,17H,3,10,15H2,1-2H3. The summed E-state index contributed by atoms with van der Waals surface area (Å²) in [6.07, 6.45) is 1.82. The molecule has 19 heavy (non-hydrogen) atoms. The number of nitrogens with two attached hydrogens (primary N) is 1. The number of thioether (sulfide) groups is 1. The van der Waals surface area contributed by atoms with Crippen LogP contribution in [0.3, 0.4) is 0 Å². The van der Waals surface area contributed by atoms with E-state index < -0.39 is 0 Å². The maximum Gasteiger partial charge on any atom is 0.0722 e. The Morgan fingerprint density at radius 3 is 2.95 bits per heavy atom. The molecule has 1 aromatic heterocycles. The van der Waals surface area contributed by atoms with Crippen LogP contribution in [0.15, 0.2) is 41.4 Å². The molecule has 1 aromatic carbocycles. The van der Waals surface area contributed by atoms with Gasteiger partial charge in [-0.1, -0.05) is 17.7 Å². The fourth-order valence-electron chi connectivity index (χ4n) is 2.01. The molecule has 0 saturated carbocycles. The zero-order chi connectivity index (χ0) is 13.7. The SMILES string of the molecule is CCn1nccc1C(CSc1cccc(C)c1)NN. The van der Waals surface area contributed by atoms with Gasteiger partial charge in [-0.15, -0.1) is 11.8 Å². The van der Waals surface area contributed by atoms with Gasteiger partial charge in [-0.3, -0.25) is 16.0 Å². The first-order chi connectivity index (χ1) is 9.24. The van der Waals surface area contributed by atoms with Gasteiger partial charge in [-0.25, -0.2) is 0 Å². The Morgan fingerprint density at radius 1 is 1.42 bits per heavy atom. The minimum Gasteiger partial charge on any atom is -0.271 e. The number of rotatable bonds is 6. The van der Waals surface area contributed by atoms with Crippen molar-refractivity contribution in [3.05, 3.63) is 47.8 Å². The van der Waals surface area contributed by atoms with E-state index in [9.17, 15) is 0 Å². The third-order valence-electron chi connectivity index (χ3n) is 3.01. The van der Waals surface area contributed by atoms with Gasteiger partial charge >= 0.3 is 0 Å². The molecule has 0 aliphatic carbocycles. The summed E-state index contributed by atoms with van der Waals surface area (Å²) in [7, 11) is 0. The summed E-state index contributed by atoms with van der Waals surface area (Å²) in [5.41, 5.74) is 5.29. The summed E-state index contributed by atoms with van der Waals surface area (Å²) < 4.78 is 1.97. The maximum atomic E-state index is 5.68. The summed E-state index contributed by atoms with van der Waals surface area (Å²) in [5, 5.41) is 4.28. The molecule has 5 heteroatoms. The van der Waals surface area contributed by atoms with Gasteiger partial charge < -0.3 is 0 Å². The third kappa shape index (κ3) is 3.59. The predicted octanol–water partition coefficient (Wildman–Crippen LogP) is 2.51. The van der Waals surface area contributed by atoms with Crippen molar-refractivity contribution in [1.29, 1.82) is 0 Å².